The average Bonchev–Trinajstić information content (AvgIpc) is 2.41. The van der Waals surface area contributed by atoms with Gasteiger partial charge in [-0.25, -0.2) is 0 Å². The molecule has 0 aliphatic rings. The Kier molecular flexibility index (Phi) is 4.56. The zero-order valence-corrected chi connectivity index (χ0v) is 12.8. The van der Waals surface area contributed by atoms with Gasteiger partial charge in [-0.05, 0) is 12.1 Å². The Morgan fingerprint density at radius 3 is 2.90 bits per heavy atom. The van der Waals surface area contributed by atoms with Gasteiger partial charge in [-0.2, -0.15) is 4.98 Å². The summed E-state index contributed by atoms with van der Waals surface area (Å²) in [6.07, 6.45) is 0. The lowest BCUT2D eigenvalue weighted by atomic mass is 10.2. The first-order chi connectivity index (χ1) is 9.47. The largest absolute Gasteiger partial charge is 0.339 e. The van der Waals surface area contributed by atoms with E-state index in [1.54, 1.807) is 25.2 Å². The van der Waals surface area contributed by atoms with Gasteiger partial charge in [-0.1, -0.05) is 39.8 Å². The van der Waals surface area contributed by atoms with Crippen LogP contribution in [0, 0.1) is 0 Å². The number of aryl methyl sites for hydroxylation is 1. The first-order valence-electron chi connectivity index (χ1n) is 5.56. The molecule has 1 aromatic carbocycles. The van der Waals surface area contributed by atoms with Crippen LogP contribution in [0.15, 0.2) is 43.5 Å². The summed E-state index contributed by atoms with van der Waals surface area (Å²) in [5.41, 5.74) is -1.07. The third-order valence-corrected chi connectivity index (χ3v) is 3.95. The van der Waals surface area contributed by atoms with Crippen molar-refractivity contribution in [1.82, 2.24) is 14.8 Å². The SMILES string of the molecule is Cn1[nH]c(=O)c(=O)nc1SCC(=O)c1cccc(Br)c1. The van der Waals surface area contributed by atoms with E-state index in [0.29, 0.717) is 5.56 Å². The van der Waals surface area contributed by atoms with Gasteiger partial charge in [0.05, 0.1) is 5.75 Å². The van der Waals surface area contributed by atoms with Gasteiger partial charge < -0.3 is 0 Å². The van der Waals surface area contributed by atoms with Gasteiger partial charge in [0.2, 0.25) is 0 Å². The van der Waals surface area contributed by atoms with Gasteiger partial charge in [0, 0.05) is 17.1 Å². The minimum Gasteiger partial charge on any atom is -0.293 e. The molecule has 104 valence electrons. The maximum absolute atomic E-state index is 12.0. The van der Waals surface area contributed by atoms with E-state index in [0.717, 1.165) is 16.2 Å². The van der Waals surface area contributed by atoms with E-state index in [2.05, 4.69) is 26.0 Å². The summed E-state index contributed by atoms with van der Waals surface area (Å²) in [6.45, 7) is 0. The van der Waals surface area contributed by atoms with Crippen LogP contribution in [0.5, 0.6) is 0 Å². The molecule has 0 bridgehead atoms. The molecule has 20 heavy (non-hydrogen) atoms. The number of Topliss-reactive ketones (excluding diaryl/α,β-unsaturated/α-hetero) is 1. The lowest BCUT2D eigenvalue weighted by molar-refractivity contribution is 0.102. The van der Waals surface area contributed by atoms with Gasteiger partial charge in [0.25, 0.3) is 0 Å². The third kappa shape index (κ3) is 3.45. The van der Waals surface area contributed by atoms with Crippen LogP contribution in [-0.2, 0) is 7.05 Å². The van der Waals surface area contributed by atoms with Crippen LogP contribution < -0.4 is 11.1 Å². The summed E-state index contributed by atoms with van der Waals surface area (Å²) in [6, 6.07) is 7.04. The molecule has 0 fully saturated rings. The van der Waals surface area contributed by atoms with Crippen molar-refractivity contribution in [2.75, 3.05) is 5.75 Å². The summed E-state index contributed by atoms with van der Waals surface area (Å²) in [5.74, 6) is 0.0414. The fraction of sp³-hybridized carbons (Fsp3) is 0.167. The number of nitrogens with one attached hydrogen (secondary N) is 1. The van der Waals surface area contributed by atoms with Gasteiger partial charge >= 0.3 is 11.1 Å². The van der Waals surface area contributed by atoms with E-state index in [1.165, 1.54) is 4.68 Å². The lowest BCUT2D eigenvalue weighted by Gasteiger charge is -2.05. The van der Waals surface area contributed by atoms with Crippen LogP contribution in [0.25, 0.3) is 0 Å². The monoisotopic (exact) mass is 355 g/mol. The topological polar surface area (TPSA) is 84.8 Å². The molecule has 2 aromatic rings. The second-order valence-electron chi connectivity index (χ2n) is 3.92. The molecule has 0 unspecified atom stereocenters. The van der Waals surface area contributed by atoms with E-state index in [1.807, 2.05) is 6.07 Å². The maximum Gasteiger partial charge on any atom is 0.339 e. The zero-order valence-electron chi connectivity index (χ0n) is 10.4. The van der Waals surface area contributed by atoms with E-state index in [9.17, 15) is 14.4 Å². The van der Waals surface area contributed by atoms with E-state index in [-0.39, 0.29) is 16.7 Å². The molecular weight excluding hydrogens is 346 g/mol. The first kappa shape index (κ1) is 14.7. The maximum atomic E-state index is 12.0. The second-order valence-corrected chi connectivity index (χ2v) is 5.78. The number of carbonyl (C=O) groups is 1. The Bertz CT molecular complexity index is 769. The Morgan fingerprint density at radius 1 is 1.45 bits per heavy atom. The third-order valence-electron chi connectivity index (χ3n) is 2.43. The molecule has 0 aliphatic carbocycles. The van der Waals surface area contributed by atoms with Crippen molar-refractivity contribution in [3.63, 3.8) is 0 Å². The molecule has 0 amide bonds. The molecule has 0 radical (unpaired) electrons. The number of rotatable bonds is 4. The summed E-state index contributed by atoms with van der Waals surface area (Å²) in [7, 11) is 1.56. The van der Waals surface area contributed by atoms with Crippen LogP contribution >= 0.6 is 27.7 Å². The highest BCUT2D eigenvalue weighted by Gasteiger charge is 2.10. The number of H-pyrrole nitrogens is 1. The van der Waals surface area contributed by atoms with E-state index < -0.39 is 11.1 Å². The van der Waals surface area contributed by atoms with Crippen molar-refractivity contribution in [3.05, 3.63) is 55.0 Å². The van der Waals surface area contributed by atoms with Crippen molar-refractivity contribution in [1.29, 1.82) is 0 Å². The van der Waals surface area contributed by atoms with Crippen LogP contribution in [0.2, 0.25) is 0 Å². The number of nitrogens with zero attached hydrogens (tertiary/aromatic N) is 2. The van der Waals surface area contributed by atoms with Crippen LogP contribution in [0.1, 0.15) is 10.4 Å². The van der Waals surface area contributed by atoms with Crippen molar-refractivity contribution >= 4 is 33.5 Å². The smallest absolute Gasteiger partial charge is 0.293 e. The molecule has 2 rings (SSSR count). The number of aromatic amines is 1. The van der Waals surface area contributed by atoms with Crippen molar-refractivity contribution in [2.24, 2.45) is 7.05 Å². The molecular formula is C12H10BrN3O3S. The quantitative estimate of drug-likeness (QED) is 0.506. The van der Waals surface area contributed by atoms with E-state index in [4.69, 9.17) is 0 Å². The second kappa shape index (κ2) is 6.19. The highest BCUT2D eigenvalue weighted by Crippen LogP contribution is 2.17. The minimum atomic E-state index is -0.861. The predicted octanol–water partition coefficient (Wildman–Crippen LogP) is 1.21. The van der Waals surface area contributed by atoms with Crippen molar-refractivity contribution in [2.45, 2.75) is 5.16 Å². The number of ketones is 1. The Balaban J connectivity index is 2.13. The molecule has 0 saturated carbocycles. The normalized spacial score (nSPS) is 10.5. The van der Waals surface area contributed by atoms with Gasteiger partial charge in [0.1, 0.15) is 0 Å². The molecule has 1 N–H and O–H groups in total. The average molecular weight is 356 g/mol. The number of benzene rings is 1. The van der Waals surface area contributed by atoms with Gasteiger partial charge in [-0.15, -0.1) is 0 Å². The van der Waals surface area contributed by atoms with Crippen molar-refractivity contribution in [3.8, 4) is 0 Å². The zero-order chi connectivity index (χ0) is 14.7. The fourth-order valence-corrected chi connectivity index (χ4v) is 2.68. The molecule has 0 saturated heterocycles. The number of thioether (sulfide) groups is 1. The predicted molar refractivity (Wildman–Crippen MR) is 79.3 cm³/mol. The molecule has 1 aromatic heterocycles. The van der Waals surface area contributed by atoms with E-state index >= 15 is 0 Å². The van der Waals surface area contributed by atoms with Gasteiger partial charge in [-0.3, -0.25) is 24.2 Å². The fourth-order valence-electron chi connectivity index (χ4n) is 1.47. The highest BCUT2D eigenvalue weighted by atomic mass is 79.9. The summed E-state index contributed by atoms with van der Waals surface area (Å²) >= 11 is 4.39. The summed E-state index contributed by atoms with van der Waals surface area (Å²) in [5, 5.41) is 2.62. The number of carbonyl (C=O) groups excluding carboxylic acids is 1. The van der Waals surface area contributed by atoms with Crippen LogP contribution in [0.4, 0.5) is 0 Å². The highest BCUT2D eigenvalue weighted by molar-refractivity contribution is 9.10. The number of hydrogen-bond donors (Lipinski definition) is 1. The lowest BCUT2D eigenvalue weighted by Crippen LogP contribution is -2.34. The molecule has 1 heterocycles. The number of aromatic nitrogens is 3. The van der Waals surface area contributed by atoms with Crippen molar-refractivity contribution < 1.29 is 4.79 Å². The molecule has 6 nitrogen and oxygen atoms in total. The molecule has 0 aliphatic heterocycles. The molecule has 8 heteroatoms. The van der Waals surface area contributed by atoms with Gasteiger partial charge in [0.15, 0.2) is 10.9 Å². The first-order valence-corrected chi connectivity index (χ1v) is 7.34. The Hall–Kier alpha value is -1.67. The summed E-state index contributed by atoms with van der Waals surface area (Å²) < 4.78 is 2.14. The number of hydrogen-bond acceptors (Lipinski definition) is 5. The summed E-state index contributed by atoms with van der Waals surface area (Å²) in [4.78, 5) is 37.9. The minimum absolute atomic E-state index is 0.0863. The van der Waals surface area contributed by atoms with Crippen LogP contribution in [-0.4, -0.2) is 26.3 Å². The standard InChI is InChI=1S/C12H10BrN3O3S/c1-16-12(14-10(18)11(19)15-16)20-6-9(17)7-3-2-4-8(13)5-7/h2-5H,6H2,1H3,(H,15,19). The van der Waals surface area contributed by atoms with Crippen LogP contribution in [0.3, 0.4) is 0 Å². The molecule has 0 atom stereocenters. The molecule has 0 spiro atoms. The Labute approximate surface area is 126 Å². The number of halogens is 1. The Morgan fingerprint density at radius 2 is 2.20 bits per heavy atom.